The smallest absolute Gasteiger partial charge is 0.231 e. The van der Waals surface area contributed by atoms with Crippen molar-refractivity contribution in [3.8, 4) is 0 Å². The fourth-order valence-electron chi connectivity index (χ4n) is 2.12. The highest BCUT2D eigenvalue weighted by Gasteiger charge is 2.33. The molecule has 2 rings (SSSR count). The van der Waals surface area contributed by atoms with Crippen molar-refractivity contribution >= 4 is 50.7 Å². The second-order valence-corrected chi connectivity index (χ2v) is 6.13. The molecule has 1 aliphatic heterocycles. The van der Waals surface area contributed by atoms with Crippen molar-refractivity contribution in [2.45, 2.75) is 13.0 Å². The lowest BCUT2D eigenvalue weighted by molar-refractivity contribution is -0.120. The van der Waals surface area contributed by atoms with Crippen LogP contribution in [0.25, 0.3) is 0 Å². The molecule has 0 radical (unpaired) electrons. The van der Waals surface area contributed by atoms with Gasteiger partial charge in [-0.25, -0.2) is 0 Å². The Bertz CT molecular complexity index is 513. The topological polar surface area (TPSA) is 50.4 Å². The van der Waals surface area contributed by atoms with Crippen LogP contribution in [0.4, 0.5) is 5.69 Å². The molecule has 2 atom stereocenters. The number of hydrogen-bond donors (Lipinski definition) is 2. The molecule has 1 fully saturated rings. The van der Waals surface area contributed by atoms with Crippen LogP contribution in [-0.2, 0) is 9.53 Å². The van der Waals surface area contributed by atoms with Crippen LogP contribution in [0.3, 0.4) is 0 Å². The Hall–Kier alpha value is -0.330. The monoisotopic (exact) mass is 380 g/mol. The van der Waals surface area contributed by atoms with E-state index in [9.17, 15) is 4.79 Å². The lowest BCUT2D eigenvalue weighted by atomic mass is 10.0. The van der Waals surface area contributed by atoms with E-state index in [0.717, 1.165) is 6.54 Å². The number of benzene rings is 1. The highest BCUT2D eigenvalue weighted by atomic mass is 79.9. The van der Waals surface area contributed by atoms with Crippen molar-refractivity contribution in [2.75, 3.05) is 25.1 Å². The molecular formula is C13H15BrCl2N2O2. The molecule has 7 heteroatoms. The molecule has 4 nitrogen and oxygen atoms in total. The molecule has 0 spiro atoms. The van der Waals surface area contributed by atoms with Gasteiger partial charge >= 0.3 is 0 Å². The number of nitrogens with one attached hydrogen (secondary N) is 2. The lowest BCUT2D eigenvalue weighted by Crippen LogP contribution is -2.41. The summed E-state index contributed by atoms with van der Waals surface area (Å²) in [5.74, 6) is -0.345. The fraction of sp³-hybridized carbons (Fsp3) is 0.462. The molecule has 1 aliphatic rings. The molecule has 1 amide bonds. The number of hydrogen-bond acceptors (Lipinski definition) is 3. The molecular weight excluding hydrogens is 367 g/mol. The van der Waals surface area contributed by atoms with Gasteiger partial charge in [0.15, 0.2) is 0 Å². The summed E-state index contributed by atoms with van der Waals surface area (Å²) in [5, 5.41) is 6.77. The Morgan fingerprint density at radius 1 is 1.40 bits per heavy atom. The van der Waals surface area contributed by atoms with E-state index in [4.69, 9.17) is 27.9 Å². The van der Waals surface area contributed by atoms with Gasteiger partial charge in [-0.1, -0.05) is 30.1 Å². The second kappa shape index (κ2) is 7.09. The Labute approximate surface area is 136 Å². The van der Waals surface area contributed by atoms with E-state index in [0.29, 0.717) is 33.4 Å². The molecule has 0 aromatic heterocycles. The van der Waals surface area contributed by atoms with Gasteiger partial charge in [0.2, 0.25) is 5.91 Å². The van der Waals surface area contributed by atoms with E-state index < -0.39 is 0 Å². The number of amides is 1. The number of halogens is 3. The third kappa shape index (κ3) is 3.46. The number of carbonyl (C=O) groups excluding carboxylic acids is 1. The minimum absolute atomic E-state index is 0.0321. The van der Waals surface area contributed by atoms with E-state index in [1.54, 1.807) is 12.1 Å². The van der Waals surface area contributed by atoms with E-state index in [1.807, 2.05) is 6.92 Å². The first kappa shape index (κ1) is 16.0. The first-order valence-corrected chi connectivity index (χ1v) is 7.85. The van der Waals surface area contributed by atoms with Gasteiger partial charge in [-0.3, -0.25) is 4.79 Å². The van der Waals surface area contributed by atoms with Crippen molar-refractivity contribution in [2.24, 2.45) is 5.92 Å². The summed E-state index contributed by atoms with van der Waals surface area (Å²) >= 11 is 15.4. The zero-order valence-electron chi connectivity index (χ0n) is 10.9. The summed E-state index contributed by atoms with van der Waals surface area (Å²) in [4.78, 5) is 12.3. The van der Waals surface area contributed by atoms with Crippen LogP contribution in [0.5, 0.6) is 0 Å². The zero-order chi connectivity index (χ0) is 14.7. The molecule has 1 saturated heterocycles. The van der Waals surface area contributed by atoms with Gasteiger partial charge in [0.1, 0.15) is 0 Å². The maximum absolute atomic E-state index is 12.3. The Kier molecular flexibility index (Phi) is 5.69. The van der Waals surface area contributed by atoms with Gasteiger partial charge in [-0.15, -0.1) is 0 Å². The number of carbonyl (C=O) groups is 1. The van der Waals surface area contributed by atoms with Crippen LogP contribution in [-0.4, -0.2) is 31.7 Å². The summed E-state index contributed by atoms with van der Waals surface area (Å²) in [7, 11) is 0. The van der Waals surface area contributed by atoms with Crippen LogP contribution in [0.15, 0.2) is 16.6 Å². The van der Waals surface area contributed by atoms with Crippen LogP contribution < -0.4 is 10.6 Å². The number of rotatable bonds is 4. The fourth-order valence-corrected chi connectivity index (χ4v) is 2.95. The van der Waals surface area contributed by atoms with Crippen molar-refractivity contribution in [1.82, 2.24) is 5.32 Å². The van der Waals surface area contributed by atoms with Gasteiger partial charge in [0.05, 0.1) is 34.9 Å². The van der Waals surface area contributed by atoms with Crippen LogP contribution >= 0.6 is 39.1 Å². The van der Waals surface area contributed by atoms with Crippen molar-refractivity contribution in [3.05, 3.63) is 26.7 Å². The molecule has 0 bridgehead atoms. The average molecular weight is 382 g/mol. The van der Waals surface area contributed by atoms with Gasteiger partial charge in [-0.2, -0.15) is 0 Å². The molecule has 0 saturated carbocycles. The van der Waals surface area contributed by atoms with Gasteiger partial charge < -0.3 is 15.4 Å². The number of likely N-dealkylation sites (N-methyl/N-ethyl adjacent to an activating group) is 1. The van der Waals surface area contributed by atoms with Crippen molar-refractivity contribution in [3.63, 3.8) is 0 Å². The maximum atomic E-state index is 12.3. The lowest BCUT2D eigenvalue weighted by Gasteiger charge is -2.18. The van der Waals surface area contributed by atoms with Gasteiger partial charge in [-0.05, 0) is 34.6 Å². The molecule has 1 aromatic rings. The third-order valence-electron chi connectivity index (χ3n) is 3.18. The molecule has 20 heavy (non-hydrogen) atoms. The van der Waals surface area contributed by atoms with Crippen molar-refractivity contribution in [1.29, 1.82) is 0 Å². The highest BCUT2D eigenvalue weighted by Crippen LogP contribution is 2.36. The Balaban J connectivity index is 2.10. The standard InChI is InChI=1S/C13H15BrCl2N2O2/c1-2-17-10-6-20-5-7(10)13(19)18-9-4-3-8(14)11(15)12(9)16/h3-4,7,10,17H,2,5-6H2,1H3,(H,18,19). The van der Waals surface area contributed by atoms with Crippen LogP contribution in [0.2, 0.25) is 10.0 Å². The van der Waals surface area contributed by atoms with Gasteiger partial charge in [0.25, 0.3) is 0 Å². The average Bonchev–Trinajstić information content (AvgIpc) is 2.88. The van der Waals surface area contributed by atoms with E-state index in [1.165, 1.54) is 0 Å². The first-order chi connectivity index (χ1) is 9.54. The third-order valence-corrected chi connectivity index (χ3v) is 4.95. The molecule has 1 heterocycles. The Morgan fingerprint density at radius 2 is 2.15 bits per heavy atom. The normalized spacial score (nSPS) is 22.0. The summed E-state index contributed by atoms with van der Waals surface area (Å²) in [6.07, 6.45) is 0. The Morgan fingerprint density at radius 3 is 2.85 bits per heavy atom. The van der Waals surface area contributed by atoms with Crippen LogP contribution in [0, 0.1) is 5.92 Å². The minimum atomic E-state index is -0.228. The molecule has 1 aromatic carbocycles. The quantitative estimate of drug-likeness (QED) is 0.786. The number of anilines is 1. The predicted molar refractivity (Wildman–Crippen MR) is 84.6 cm³/mol. The summed E-state index contributed by atoms with van der Waals surface area (Å²) < 4.78 is 6.06. The van der Waals surface area contributed by atoms with Gasteiger partial charge in [0, 0.05) is 10.5 Å². The SMILES string of the molecule is CCNC1COCC1C(=O)Nc1ccc(Br)c(Cl)c1Cl. The van der Waals surface area contributed by atoms with E-state index in [2.05, 4.69) is 26.6 Å². The highest BCUT2D eigenvalue weighted by molar-refractivity contribution is 9.10. The second-order valence-electron chi connectivity index (χ2n) is 4.52. The van der Waals surface area contributed by atoms with E-state index in [-0.39, 0.29) is 17.9 Å². The summed E-state index contributed by atoms with van der Waals surface area (Å²) in [6.45, 7) is 3.74. The minimum Gasteiger partial charge on any atom is -0.379 e. The predicted octanol–water partition coefficient (Wildman–Crippen LogP) is 3.32. The van der Waals surface area contributed by atoms with Crippen molar-refractivity contribution < 1.29 is 9.53 Å². The maximum Gasteiger partial charge on any atom is 0.231 e. The largest absolute Gasteiger partial charge is 0.379 e. The number of ether oxygens (including phenoxy) is 1. The first-order valence-electron chi connectivity index (χ1n) is 6.30. The molecule has 2 N–H and O–H groups in total. The van der Waals surface area contributed by atoms with Crippen LogP contribution in [0.1, 0.15) is 6.92 Å². The summed E-state index contributed by atoms with van der Waals surface area (Å²) in [6, 6.07) is 3.50. The molecule has 110 valence electrons. The molecule has 0 aliphatic carbocycles. The van der Waals surface area contributed by atoms with E-state index >= 15 is 0 Å². The molecule has 2 unspecified atom stereocenters. The summed E-state index contributed by atoms with van der Waals surface area (Å²) in [5.41, 5.74) is 0.506. The zero-order valence-corrected chi connectivity index (χ0v) is 14.0.